The van der Waals surface area contributed by atoms with Gasteiger partial charge in [-0.25, -0.2) is 0 Å². The van der Waals surface area contributed by atoms with Crippen molar-refractivity contribution in [3.05, 3.63) is 61.9 Å². The number of carbonyl (C=O) groups is 1. The van der Waals surface area contributed by atoms with Gasteiger partial charge in [0.15, 0.2) is 11.5 Å². The van der Waals surface area contributed by atoms with Crippen LogP contribution in [0.1, 0.15) is 35.7 Å². The molecule has 0 unspecified atom stereocenters. The zero-order valence-corrected chi connectivity index (χ0v) is 18.9. The van der Waals surface area contributed by atoms with Gasteiger partial charge in [-0.2, -0.15) is 23.4 Å². The molecule has 1 fully saturated rings. The molecule has 1 N–H and O–H groups in total. The van der Waals surface area contributed by atoms with Crippen molar-refractivity contribution in [1.82, 2.24) is 19.6 Å². The van der Waals surface area contributed by atoms with Crippen LogP contribution < -0.4 is 5.32 Å². The first kappa shape index (κ1) is 22.2. The van der Waals surface area contributed by atoms with Crippen molar-refractivity contribution in [2.75, 3.05) is 5.32 Å². The van der Waals surface area contributed by atoms with Crippen molar-refractivity contribution in [1.29, 1.82) is 0 Å². The minimum atomic E-state index is -4.62. The summed E-state index contributed by atoms with van der Waals surface area (Å²) in [4.78, 5) is 12.5. The van der Waals surface area contributed by atoms with Gasteiger partial charge in [0.25, 0.3) is 0 Å². The number of halogens is 6. The summed E-state index contributed by atoms with van der Waals surface area (Å²) in [5.74, 6) is -0.534. The molecule has 1 amide bonds. The Labute approximate surface area is 193 Å². The van der Waals surface area contributed by atoms with Gasteiger partial charge in [0.05, 0.1) is 16.7 Å². The summed E-state index contributed by atoms with van der Waals surface area (Å²) < 4.78 is 42.2. The van der Waals surface area contributed by atoms with E-state index in [9.17, 15) is 18.0 Å². The van der Waals surface area contributed by atoms with Gasteiger partial charge >= 0.3 is 6.18 Å². The van der Waals surface area contributed by atoms with Crippen LogP contribution in [-0.4, -0.2) is 25.5 Å². The molecular weight excluding hydrogens is 522 g/mol. The zero-order valence-electron chi connectivity index (χ0n) is 15.8. The molecule has 0 spiro atoms. The molecule has 0 aliphatic heterocycles. The third-order valence-corrected chi connectivity index (χ3v) is 6.15. The molecule has 31 heavy (non-hydrogen) atoms. The lowest BCUT2D eigenvalue weighted by Gasteiger charge is -2.07. The van der Waals surface area contributed by atoms with E-state index in [2.05, 4.69) is 31.4 Å². The lowest BCUT2D eigenvalue weighted by Crippen LogP contribution is -2.22. The highest BCUT2D eigenvalue weighted by atomic mass is 79.9. The van der Waals surface area contributed by atoms with Crippen LogP contribution in [0.3, 0.4) is 0 Å². The summed E-state index contributed by atoms with van der Waals surface area (Å²) in [6, 6.07) is 7.23. The van der Waals surface area contributed by atoms with Crippen LogP contribution in [0.4, 0.5) is 19.0 Å². The molecule has 164 valence electrons. The molecule has 4 rings (SSSR count). The van der Waals surface area contributed by atoms with Gasteiger partial charge in [-0.15, -0.1) is 0 Å². The van der Waals surface area contributed by atoms with Crippen molar-refractivity contribution in [3.8, 4) is 0 Å². The summed E-state index contributed by atoms with van der Waals surface area (Å²) in [5.41, 5.74) is 0.151. The molecular formula is C19H15BrCl2F3N5O. The number of nitrogens with one attached hydrogen (secondary N) is 1. The number of benzene rings is 1. The van der Waals surface area contributed by atoms with Gasteiger partial charge in [0.2, 0.25) is 5.91 Å². The minimum absolute atomic E-state index is 0.0517. The number of aromatic nitrogens is 4. The topological polar surface area (TPSA) is 64.7 Å². The van der Waals surface area contributed by atoms with Crippen LogP contribution in [0.5, 0.6) is 0 Å². The van der Waals surface area contributed by atoms with E-state index >= 15 is 0 Å². The summed E-state index contributed by atoms with van der Waals surface area (Å²) in [7, 11) is 0. The standard InChI is InChI=1S/C19H15BrCl2F3N5O/c20-15-16(10-5-6-10)30(27-17(15)19(23,24)25)9-14(31)26-18-13(22)8-29(28-18)7-11-3-1-2-4-12(11)21/h1-4,8,10H,5-7,9H2,(H,26,28,31). The third kappa shape index (κ3) is 4.91. The highest BCUT2D eigenvalue weighted by Gasteiger charge is 2.42. The second-order valence-electron chi connectivity index (χ2n) is 7.14. The fraction of sp³-hybridized carbons (Fsp3) is 0.316. The predicted octanol–water partition coefficient (Wildman–Crippen LogP) is 5.73. The Bertz CT molecular complexity index is 1140. The Kier molecular flexibility index (Phi) is 6.06. The van der Waals surface area contributed by atoms with E-state index < -0.39 is 24.3 Å². The second kappa shape index (κ2) is 8.48. The number of rotatable bonds is 6. The maximum atomic E-state index is 13.2. The summed E-state index contributed by atoms with van der Waals surface area (Å²) in [5, 5.41) is 11.2. The lowest BCUT2D eigenvalue weighted by molar-refractivity contribution is -0.142. The van der Waals surface area contributed by atoms with Crippen molar-refractivity contribution >= 4 is 50.9 Å². The average molecular weight is 537 g/mol. The number of anilines is 1. The first-order valence-corrected chi connectivity index (χ1v) is 10.8. The molecule has 1 aromatic carbocycles. The van der Waals surface area contributed by atoms with Crippen LogP contribution in [0, 0.1) is 0 Å². The van der Waals surface area contributed by atoms with E-state index in [1.807, 2.05) is 12.1 Å². The van der Waals surface area contributed by atoms with Gasteiger partial charge in [0, 0.05) is 17.1 Å². The van der Waals surface area contributed by atoms with Crippen LogP contribution in [-0.2, 0) is 24.1 Å². The molecule has 2 heterocycles. The van der Waals surface area contributed by atoms with E-state index in [0.29, 0.717) is 17.3 Å². The molecule has 6 nitrogen and oxygen atoms in total. The number of hydrogen-bond acceptors (Lipinski definition) is 3. The first-order chi connectivity index (χ1) is 14.6. The van der Waals surface area contributed by atoms with E-state index in [1.54, 1.807) is 12.1 Å². The highest BCUT2D eigenvalue weighted by molar-refractivity contribution is 9.10. The molecule has 0 bridgehead atoms. The minimum Gasteiger partial charge on any atom is -0.306 e. The Morgan fingerprint density at radius 3 is 2.55 bits per heavy atom. The van der Waals surface area contributed by atoms with E-state index in [-0.39, 0.29) is 21.2 Å². The Morgan fingerprint density at radius 2 is 1.90 bits per heavy atom. The zero-order chi connectivity index (χ0) is 22.3. The molecule has 0 radical (unpaired) electrons. The molecule has 0 atom stereocenters. The fourth-order valence-corrected chi connectivity index (χ4v) is 4.40. The number of carbonyl (C=O) groups excluding carboxylic acids is 1. The van der Waals surface area contributed by atoms with Crippen molar-refractivity contribution < 1.29 is 18.0 Å². The Hall–Kier alpha value is -2.04. The first-order valence-electron chi connectivity index (χ1n) is 9.23. The number of nitrogens with zero attached hydrogens (tertiary/aromatic N) is 4. The van der Waals surface area contributed by atoms with Gasteiger partial charge in [-0.1, -0.05) is 41.4 Å². The van der Waals surface area contributed by atoms with Crippen LogP contribution in [0.25, 0.3) is 0 Å². The van der Waals surface area contributed by atoms with Crippen molar-refractivity contribution in [3.63, 3.8) is 0 Å². The van der Waals surface area contributed by atoms with Crippen molar-refractivity contribution in [2.24, 2.45) is 0 Å². The largest absolute Gasteiger partial charge is 0.436 e. The van der Waals surface area contributed by atoms with E-state index in [4.69, 9.17) is 23.2 Å². The smallest absolute Gasteiger partial charge is 0.306 e. The maximum absolute atomic E-state index is 13.2. The maximum Gasteiger partial charge on any atom is 0.436 e. The Morgan fingerprint density at radius 1 is 1.19 bits per heavy atom. The third-order valence-electron chi connectivity index (χ3n) is 4.72. The average Bonchev–Trinajstić information content (AvgIpc) is 3.37. The predicted molar refractivity (Wildman–Crippen MR) is 113 cm³/mol. The molecule has 0 saturated heterocycles. The molecule has 1 aliphatic carbocycles. The summed E-state index contributed by atoms with van der Waals surface area (Å²) >= 11 is 15.3. The molecule has 2 aromatic heterocycles. The summed E-state index contributed by atoms with van der Waals surface area (Å²) in [6.07, 6.45) is -1.59. The van der Waals surface area contributed by atoms with Crippen LogP contribution >= 0.6 is 39.1 Å². The van der Waals surface area contributed by atoms with E-state index in [1.165, 1.54) is 10.9 Å². The van der Waals surface area contributed by atoms with Gasteiger partial charge < -0.3 is 5.32 Å². The van der Waals surface area contributed by atoms with Crippen LogP contribution in [0.15, 0.2) is 34.9 Å². The lowest BCUT2D eigenvalue weighted by atomic mass is 10.2. The normalized spacial score (nSPS) is 14.1. The van der Waals surface area contributed by atoms with Gasteiger partial charge in [0.1, 0.15) is 11.6 Å². The van der Waals surface area contributed by atoms with Gasteiger partial charge in [-0.3, -0.25) is 14.2 Å². The molecule has 12 heteroatoms. The SMILES string of the molecule is O=C(Cn1nc(C(F)(F)F)c(Br)c1C1CC1)Nc1nn(Cc2ccccc2Cl)cc1Cl. The fourth-order valence-electron chi connectivity index (χ4n) is 3.17. The number of hydrogen-bond donors (Lipinski definition) is 1. The second-order valence-corrected chi connectivity index (χ2v) is 8.75. The summed E-state index contributed by atoms with van der Waals surface area (Å²) in [6.45, 7) is -0.0592. The Balaban J connectivity index is 1.50. The van der Waals surface area contributed by atoms with E-state index in [0.717, 1.165) is 23.1 Å². The molecule has 3 aromatic rings. The molecule has 1 saturated carbocycles. The number of alkyl halides is 3. The highest BCUT2D eigenvalue weighted by Crippen LogP contribution is 2.47. The van der Waals surface area contributed by atoms with Gasteiger partial charge in [-0.05, 0) is 40.4 Å². The number of amides is 1. The van der Waals surface area contributed by atoms with Crippen LogP contribution in [0.2, 0.25) is 10.0 Å². The van der Waals surface area contributed by atoms with Crippen molar-refractivity contribution in [2.45, 2.75) is 38.0 Å². The quantitative estimate of drug-likeness (QED) is 0.437. The molecule has 1 aliphatic rings. The monoisotopic (exact) mass is 535 g/mol.